The van der Waals surface area contributed by atoms with E-state index in [0.29, 0.717) is 12.2 Å². The quantitative estimate of drug-likeness (QED) is 0.928. The molecule has 2 aromatic rings. The monoisotopic (exact) mass is 342 g/mol. The molecule has 5 nitrogen and oxygen atoms in total. The Hall–Kier alpha value is -2.50. The first-order valence-electron chi connectivity index (χ1n) is 8.68. The van der Waals surface area contributed by atoms with E-state index in [1.807, 2.05) is 26.0 Å². The highest BCUT2D eigenvalue weighted by Gasteiger charge is 2.26. The maximum atomic E-state index is 13.0. The number of carbonyl (C=O) groups excluding carboxylic acids is 1. The molecule has 1 unspecified atom stereocenters. The molecule has 6 heteroatoms. The van der Waals surface area contributed by atoms with Crippen molar-refractivity contribution >= 4 is 11.7 Å². The zero-order valence-electron chi connectivity index (χ0n) is 14.6. The zero-order chi connectivity index (χ0) is 17.8. The molecule has 0 aliphatic carbocycles. The number of piperidine rings is 1. The van der Waals surface area contributed by atoms with E-state index in [1.54, 1.807) is 12.1 Å². The summed E-state index contributed by atoms with van der Waals surface area (Å²) in [7, 11) is 0. The minimum atomic E-state index is -0.271. The van der Waals surface area contributed by atoms with Crippen LogP contribution in [0.5, 0.6) is 0 Å². The summed E-state index contributed by atoms with van der Waals surface area (Å²) < 4.78 is 13.0. The maximum Gasteiger partial charge on any atom is 0.225 e. The number of halogens is 1. The minimum Gasteiger partial charge on any atom is -0.354 e. The molecule has 132 valence electrons. The predicted octanol–water partition coefficient (Wildman–Crippen LogP) is 3.02. The predicted molar refractivity (Wildman–Crippen MR) is 95.6 cm³/mol. The van der Waals surface area contributed by atoms with Crippen molar-refractivity contribution in [1.82, 2.24) is 15.5 Å². The van der Waals surface area contributed by atoms with Gasteiger partial charge < -0.3 is 10.2 Å². The Morgan fingerprint density at radius 2 is 1.96 bits per heavy atom. The van der Waals surface area contributed by atoms with Crippen LogP contribution < -0.4 is 10.2 Å². The molecular weight excluding hydrogens is 319 g/mol. The van der Waals surface area contributed by atoms with E-state index >= 15 is 0 Å². The van der Waals surface area contributed by atoms with Gasteiger partial charge in [-0.15, -0.1) is 10.2 Å². The van der Waals surface area contributed by atoms with Gasteiger partial charge in [0, 0.05) is 24.7 Å². The number of hydrogen-bond donors (Lipinski definition) is 1. The van der Waals surface area contributed by atoms with Gasteiger partial charge in [0.2, 0.25) is 5.91 Å². The van der Waals surface area contributed by atoms with Crippen molar-refractivity contribution < 1.29 is 9.18 Å². The molecule has 1 atom stereocenters. The number of nitrogens with one attached hydrogen (secondary N) is 1. The third-order valence-electron chi connectivity index (χ3n) is 4.34. The van der Waals surface area contributed by atoms with Crippen molar-refractivity contribution in [1.29, 1.82) is 0 Å². The molecule has 0 bridgehead atoms. The fourth-order valence-corrected chi connectivity index (χ4v) is 3.07. The molecular formula is C19H23FN4O. The molecule has 1 amide bonds. The van der Waals surface area contributed by atoms with Crippen molar-refractivity contribution in [2.45, 2.75) is 32.7 Å². The Bertz CT molecular complexity index is 715. The van der Waals surface area contributed by atoms with Crippen LogP contribution in [0.1, 0.15) is 26.7 Å². The summed E-state index contributed by atoms with van der Waals surface area (Å²) >= 11 is 0. The SMILES string of the molecule is CC(C)NC(=O)C1CCCN(c2ccc(-c3ccc(F)cc3)nn2)C1. The number of hydrogen-bond acceptors (Lipinski definition) is 4. The summed E-state index contributed by atoms with van der Waals surface area (Å²) in [6.07, 6.45) is 1.85. The Morgan fingerprint density at radius 3 is 2.60 bits per heavy atom. The van der Waals surface area contributed by atoms with E-state index in [4.69, 9.17) is 0 Å². The number of nitrogens with zero attached hydrogens (tertiary/aromatic N) is 3. The van der Waals surface area contributed by atoms with Crippen molar-refractivity contribution in [3.63, 3.8) is 0 Å². The van der Waals surface area contributed by atoms with Gasteiger partial charge >= 0.3 is 0 Å². The number of aromatic nitrogens is 2. The van der Waals surface area contributed by atoms with Gasteiger partial charge in [-0.1, -0.05) is 0 Å². The Balaban J connectivity index is 1.69. The van der Waals surface area contributed by atoms with E-state index in [1.165, 1.54) is 12.1 Å². The minimum absolute atomic E-state index is 0.0188. The van der Waals surface area contributed by atoms with Gasteiger partial charge in [-0.3, -0.25) is 4.79 Å². The molecule has 0 saturated carbocycles. The normalized spacial score (nSPS) is 17.6. The average Bonchev–Trinajstić information content (AvgIpc) is 2.62. The van der Waals surface area contributed by atoms with E-state index in [2.05, 4.69) is 20.4 Å². The van der Waals surface area contributed by atoms with Crippen molar-refractivity contribution in [2.24, 2.45) is 5.92 Å². The molecule has 1 N–H and O–H groups in total. The summed E-state index contributed by atoms with van der Waals surface area (Å²) in [6, 6.07) is 10.1. The highest BCUT2D eigenvalue weighted by atomic mass is 19.1. The zero-order valence-corrected chi connectivity index (χ0v) is 14.6. The number of carbonyl (C=O) groups is 1. The van der Waals surface area contributed by atoms with E-state index < -0.39 is 0 Å². The smallest absolute Gasteiger partial charge is 0.225 e. The number of benzene rings is 1. The van der Waals surface area contributed by atoms with Gasteiger partial charge in [0.05, 0.1) is 11.6 Å². The fraction of sp³-hybridized carbons (Fsp3) is 0.421. The first-order chi connectivity index (χ1) is 12.0. The third kappa shape index (κ3) is 4.32. The molecule has 3 rings (SSSR count). The molecule has 1 aliphatic rings. The summed E-state index contributed by atoms with van der Waals surface area (Å²) in [5.74, 6) is 0.589. The molecule has 0 spiro atoms. The molecule has 25 heavy (non-hydrogen) atoms. The van der Waals surface area contributed by atoms with Crippen LogP contribution in [0.25, 0.3) is 11.3 Å². The third-order valence-corrected chi connectivity index (χ3v) is 4.34. The van der Waals surface area contributed by atoms with Crippen LogP contribution in [-0.4, -0.2) is 35.2 Å². The highest BCUT2D eigenvalue weighted by Crippen LogP contribution is 2.23. The molecule has 2 heterocycles. The molecule has 0 radical (unpaired) electrons. The lowest BCUT2D eigenvalue weighted by atomic mass is 9.97. The number of rotatable bonds is 4. The van der Waals surface area contributed by atoms with Gasteiger partial charge in [-0.05, 0) is 63.1 Å². The van der Waals surface area contributed by atoms with Crippen molar-refractivity contribution in [3.8, 4) is 11.3 Å². The van der Waals surface area contributed by atoms with Gasteiger partial charge in [-0.25, -0.2) is 4.39 Å². The standard InChI is InChI=1S/C19H23FN4O/c1-13(2)21-19(25)15-4-3-11-24(12-15)18-10-9-17(22-23-18)14-5-7-16(20)8-6-14/h5-10,13,15H,3-4,11-12H2,1-2H3,(H,21,25). The maximum absolute atomic E-state index is 13.0. The van der Waals surface area contributed by atoms with Crippen molar-refractivity contribution in [2.75, 3.05) is 18.0 Å². The van der Waals surface area contributed by atoms with Gasteiger partial charge in [0.15, 0.2) is 5.82 Å². The van der Waals surface area contributed by atoms with Crippen LogP contribution in [0.3, 0.4) is 0 Å². The average molecular weight is 342 g/mol. The first-order valence-corrected chi connectivity index (χ1v) is 8.68. The second-order valence-corrected chi connectivity index (χ2v) is 6.73. The van der Waals surface area contributed by atoms with Gasteiger partial charge in [0.25, 0.3) is 0 Å². The molecule has 1 aliphatic heterocycles. The van der Waals surface area contributed by atoms with Crippen LogP contribution >= 0.6 is 0 Å². The highest BCUT2D eigenvalue weighted by molar-refractivity contribution is 5.79. The summed E-state index contributed by atoms with van der Waals surface area (Å²) in [5, 5.41) is 11.6. The lowest BCUT2D eigenvalue weighted by Gasteiger charge is -2.32. The Kier molecular flexibility index (Phi) is 5.26. The summed E-state index contributed by atoms with van der Waals surface area (Å²) in [6.45, 7) is 5.47. The van der Waals surface area contributed by atoms with Gasteiger partial charge in [0.1, 0.15) is 5.82 Å². The second-order valence-electron chi connectivity index (χ2n) is 6.73. The fourth-order valence-electron chi connectivity index (χ4n) is 3.07. The van der Waals surface area contributed by atoms with E-state index in [9.17, 15) is 9.18 Å². The van der Waals surface area contributed by atoms with Gasteiger partial charge in [-0.2, -0.15) is 0 Å². The Morgan fingerprint density at radius 1 is 1.20 bits per heavy atom. The van der Waals surface area contributed by atoms with E-state index in [-0.39, 0.29) is 23.7 Å². The lowest BCUT2D eigenvalue weighted by Crippen LogP contribution is -2.45. The second kappa shape index (κ2) is 7.59. The number of anilines is 1. The van der Waals surface area contributed by atoms with Crippen LogP contribution in [-0.2, 0) is 4.79 Å². The van der Waals surface area contributed by atoms with E-state index in [0.717, 1.165) is 30.8 Å². The number of amides is 1. The van der Waals surface area contributed by atoms with Crippen LogP contribution in [0.2, 0.25) is 0 Å². The lowest BCUT2D eigenvalue weighted by molar-refractivity contribution is -0.125. The molecule has 1 fully saturated rings. The molecule has 1 aromatic carbocycles. The van der Waals surface area contributed by atoms with Crippen LogP contribution in [0, 0.1) is 11.7 Å². The first kappa shape index (κ1) is 17.3. The molecule has 1 aromatic heterocycles. The molecule has 1 saturated heterocycles. The topological polar surface area (TPSA) is 58.1 Å². The summed E-state index contributed by atoms with van der Waals surface area (Å²) in [5.41, 5.74) is 1.53. The summed E-state index contributed by atoms with van der Waals surface area (Å²) in [4.78, 5) is 14.4. The van der Waals surface area contributed by atoms with Crippen LogP contribution in [0.4, 0.5) is 10.2 Å². The largest absolute Gasteiger partial charge is 0.354 e. The van der Waals surface area contributed by atoms with Crippen molar-refractivity contribution in [3.05, 3.63) is 42.2 Å². The Labute approximate surface area is 147 Å². The van der Waals surface area contributed by atoms with Crippen LogP contribution in [0.15, 0.2) is 36.4 Å².